The molecule has 6 atom stereocenters. The second-order valence-corrected chi connectivity index (χ2v) is 18.5. The fourth-order valence-electron chi connectivity index (χ4n) is 9.72. The zero-order valence-electron chi connectivity index (χ0n) is 35.7. The molecule has 1 saturated heterocycles. The summed E-state index contributed by atoms with van der Waals surface area (Å²) in [5, 5.41) is 11.8. The fourth-order valence-corrected chi connectivity index (χ4v) is 9.72. The molecule has 320 valence electrons. The molecule has 2 heterocycles. The number of amides is 5. The third kappa shape index (κ3) is 9.98. The maximum absolute atomic E-state index is 15.1. The highest BCUT2D eigenvalue weighted by Crippen LogP contribution is 2.41. The normalized spacial score (nSPS) is 22.3. The first kappa shape index (κ1) is 43.8. The zero-order chi connectivity index (χ0) is 42.6. The van der Waals surface area contributed by atoms with Crippen LogP contribution in [0.3, 0.4) is 0 Å². The van der Waals surface area contributed by atoms with E-state index in [2.05, 4.69) is 26.3 Å². The Morgan fingerprint density at radius 2 is 1.51 bits per heavy atom. The minimum absolute atomic E-state index is 0.00455. The van der Waals surface area contributed by atoms with Gasteiger partial charge in [-0.2, -0.15) is 0 Å². The van der Waals surface area contributed by atoms with Crippen LogP contribution in [0.25, 0.3) is 11.1 Å². The van der Waals surface area contributed by atoms with Crippen molar-refractivity contribution in [1.82, 2.24) is 31.2 Å². The van der Waals surface area contributed by atoms with Crippen LogP contribution in [0, 0.1) is 24.2 Å². The number of Topliss-reactive ketones (excluding diaryl/α,β-unsaturated/α-hetero) is 2. The van der Waals surface area contributed by atoms with Crippen molar-refractivity contribution in [1.29, 1.82) is 0 Å². The van der Waals surface area contributed by atoms with Gasteiger partial charge in [0.25, 0.3) is 11.8 Å². The van der Waals surface area contributed by atoms with Crippen LogP contribution >= 0.6 is 0 Å². The molecule has 2 aromatic rings. The number of carbonyl (C=O) groups is 7. The van der Waals surface area contributed by atoms with Crippen LogP contribution in [0.1, 0.15) is 151 Å². The topological polar surface area (TPSA) is 187 Å². The number of fused-ring (bicyclic) bond motifs is 1. The lowest BCUT2D eigenvalue weighted by Gasteiger charge is -2.40. The van der Waals surface area contributed by atoms with E-state index in [-0.39, 0.29) is 47.7 Å². The van der Waals surface area contributed by atoms with Crippen LogP contribution in [0.2, 0.25) is 0 Å². The smallest absolute Gasteiger partial charge is 0.289 e. The SMILES string of the molecule is CCC[C@H](NC(=O)[C@@H]1C[C@@H]2CCCC[C@@H]2N1C(=O)[C@@H](NC(=O)C(NC(=O)c1[nH]c(C)c(C(C)=O)c1-c1ccccc1)C1CCCCC1)C(C)(C)C)C(=O)C(=O)NC1CC1. The first-order valence-corrected chi connectivity index (χ1v) is 22.0. The molecule has 1 unspecified atom stereocenters. The highest BCUT2D eigenvalue weighted by molar-refractivity contribution is 6.38. The Hall–Kier alpha value is -4.81. The highest BCUT2D eigenvalue weighted by atomic mass is 16.2. The number of hydrogen-bond donors (Lipinski definition) is 5. The summed E-state index contributed by atoms with van der Waals surface area (Å²) in [6.07, 6.45) is 10.6. The Balaban J connectivity index is 1.27. The molecular weight excluding hydrogens is 749 g/mol. The van der Waals surface area contributed by atoms with E-state index in [9.17, 15) is 28.8 Å². The van der Waals surface area contributed by atoms with E-state index in [0.717, 1.165) is 64.2 Å². The largest absolute Gasteiger partial charge is 0.353 e. The number of rotatable bonds is 15. The van der Waals surface area contributed by atoms with Crippen molar-refractivity contribution in [3.63, 3.8) is 0 Å². The zero-order valence-corrected chi connectivity index (χ0v) is 35.7. The first-order chi connectivity index (χ1) is 28.1. The number of likely N-dealkylation sites (tertiary alicyclic amines) is 1. The van der Waals surface area contributed by atoms with Gasteiger partial charge in [0.2, 0.25) is 23.5 Å². The van der Waals surface area contributed by atoms with Gasteiger partial charge in [0.05, 0.1) is 6.04 Å². The first-order valence-electron chi connectivity index (χ1n) is 22.0. The van der Waals surface area contributed by atoms with Gasteiger partial charge in [-0.15, -0.1) is 0 Å². The van der Waals surface area contributed by atoms with Crippen molar-refractivity contribution in [2.75, 3.05) is 0 Å². The lowest BCUT2D eigenvalue weighted by molar-refractivity contribution is -0.147. The van der Waals surface area contributed by atoms with Crippen LogP contribution in [0.15, 0.2) is 30.3 Å². The van der Waals surface area contributed by atoms with Gasteiger partial charge < -0.3 is 31.2 Å². The number of carbonyl (C=O) groups excluding carboxylic acids is 7. The number of aromatic amines is 1. The predicted octanol–water partition coefficient (Wildman–Crippen LogP) is 5.69. The van der Waals surface area contributed by atoms with E-state index in [1.807, 2.05) is 58.0 Å². The maximum Gasteiger partial charge on any atom is 0.289 e. The van der Waals surface area contributed by atoms with E-state index in [4.69, 9.17) is 0 Å². The molecule has 0 spiro atoms. The molecule has 1 aromatic carbocycles. The van der Waals surface area contributed by atoms with Gasteiger partial charge in [0.1, 0.15) is 23.8 Å². The number of aromatic nitrogens is 1. The van der Waals surface area contributed by atoms with Gasteiger partial charge in [-0.1, -0.05) is 96.6 Å². The molecule has 6 rings (SSSR count). The summed E-state index contributed by atoms with van der Waals surface area (Å²) in [6.45, 7) is 10.7. The van der Waals surface area contributed by atoms with Crippen molar-refractivity contribution >= 4 is 41.1 Å². The average molecular weight is 813 g/mol. The van der Waals surface area contributed by atoms with Crippen molar-refractivity contribution in [3.8, 4) is 11.1 Å². The average Bonchev–Trinajstić information content (AvgIpc) is 3.83. The molecule has 1 aliphatic heterocycles. The van der Waals surface area contributed by atoms with E-state index in [0.29, 0.717) is 41.6 Å². The summed E-state index contributed by atoms with van der Waals surface area (Å²) in [6, 6.07) is 5.08. The maximum atomic E-state index is 15.1. The molecule has 0 radical (unpaired) electrons. The molecule has 13 nitrogen and oxygen atoms in total. The summed E-state index contributed by atoms with van der Waals surface area (Å²) in [5.74, 6) is -3.53. The van der Waals surface area contributed by atoms with Crippen molar-refractivity contribution in [2.45, 2.75) is 168 Å². The monoisotopic (exact) mass is 812 g/mol. The summed E-state index contributed by atoms with van der Waals surface area (Å²) in [5.41, 5.74) is 1.53. The number of H-pyrrole nitrogens is 1. The van der Waals surface area contributed by atoms with E-state index in [1.54, 1.807) is 11.8 Å². The molecule has 3 saturated carbocycles. The number of ketones is 2. The van der Waals surface area contributed by atoms with Crippen LogP contribution in [0.5, 0.6) is 0 Å². The van der Waals surface area contributed by atoms with Crippen LogP contribution in [0.4, 0.5) is 0 Å². The molecule has 3 aliphatic carbocycles. The third-order valence-electron chi connectivity index (χ3n) is 12.9. The minimum Gasteiger partial charge on any atom is -0.353 e. The predicted molar refractivity (Wildman–Crippen MR) is 224 cm³/mol. The molecular formula is C46H64N6O7. The highest BCUT2D eigenvalue weighted by Gasteiger charge is 2.51. The second-order valence-electron chi connectivity index (χ2n) is 18.5. The molecule has 59 heavy (non-hydrogen) atoms. The lowest BCUT2D eigenvalue weighted by atomic mass is 9.81. The van der Waals surface area contributed by atoms with Crippen molar-refractivity contribution in [2.24, 2.45) is 17.3 Å². The van der Waals surface area contributed by atoms with Crippen LogP contribution < -0.4 is 21.3 Å². The van der Waals surface area contributed by atoms with Gasteiger partial charge in [-0.25, -0.2) is 0 Å². The Morgan fingerprint density at radius 3 is 2.14 bits per heavy atom. The Labute approximate surface area is 348 Å². The van der Waals surface area contributed by atoms with Crippen LogP contribution in [-0.2, 0) is 24.0 Å². The van der Waals surface area contributed by atoms with Gasteiger partial charge in [-0.05, 0) is 88.0 Å². The Morgan fingerprint density at radius 1 is 0.847 bits per heavy atom. The molecule has 5 N–H and O–H groups in total. The molecule has 0 bridgehead atoms. The second kappa shape index (κ2) is 18.6. The van der Waals surface area contributed by atoms with E-state index >= 15 is 4.79 Å². The van der Waals surface area contributed by atoms with Gasteiger partial charge in [0.15, 0.2) is 5.78 Å². The number of hydrogen-bond acceptors (Lipinski definition) is 7. The van der Waals surface area contributed by atoms with Gasteiger partial charge in [0, 0.05) is 28.9 Å². The van der Waals surface area contributed by atoms with Crippen molar-refractivity contribution in [3.05, 3.63) is 47.3 Å². The number of nitrogens with one attached hydrogen (secondary N) is 5. The Bertz CT molecular complexity index is 1910. The number of benzene rings is 1. The summed E-state index contributed by atoms with van der Waals surface area (Å²) < 4.78 is 0. The molecule has 4 fully saturated rings. The Kier molecular flexibility index (Phi) is 13.8. The van der Waals surface area contributed by atoms with E-state index < -0.39 is 59.0 Å². The van der Waals surface area contributed by atoms with Gasteiger partial charge >= 0.3 is 0 Å². The van der Waals surface area contributed by atoms with E-state index in [1.165, 1.54) is 6.92 Å². The van der Waals surface area contributed by atoms with Gasteiger partial charge in [-0.3, -0.25) is 33.6 Å². The quantitative estimate of drug-likeness (QED) is 0.113. The molecule has 5 amide bonds. The lowest BCUT2D eigenvalue weighted by Crippen LogP contribution is -2.63. The minimum atomic E-state index is -1.05. The van der Waals surface area contributed by atoms with Crippen LogP contribution in [-0.4, -0.2) is 87.2 Å². The molecule has 4 aliphatic rings. The summed E-state index contributed by atoms with van der Waals surface area (Å²) in [4.78, 5) is 102. The summed E-state index contributed by atoms with van der Waals surface area (Å²) >= 11 is 0. The van der Waals surface area contributed by atoms with Crippen molar-refractivity contribution < 1.29 is 33.6 Å². The number of nitrogens with zero attached hydrogens (tertiary/aromatic N) is 1. The fraction of sp³-hybridized carbons (Fsp3) is 0.630. The third-order valence-corrected chi connectivity index (χ3v) is 12.9. The molecule has 1 aromatic heterocycles. The summed E-state index contributed by atoms with van der Waals surface area (Å²) in [7, 11) is 0. The molecule has 13 heteroatoms. The number of aryl methyl sites for hydroxylation is 1. The standard InChI is InChI=1S/C46H64N6O7/c1-7-16-32(39(54)44(58)48-31-23-24-31)49-41(55)34-25-30-21-14-15-22-33(30)52(34)45(59)40(46(4,5)6)51-42(56)37(29-19-12-9-13-20-29)50-43(57)38-36(28-17-10-8-11-18-28)35(27(3)53)26(2)47-38/h8,10-11,17-18,29-34,37,40,47H,7,9,12-16,19-25H2,1-6H3,(H,48,58)(H,49,55)(H,50,57)(H,51,56)/t30-,32-,33-,34-,37?,40+/m0/s1.